The Morgan fingerprint density at radius 1 is 1.50 bits per heavy atom. The van der Waals surface area contributed by atoms with E-state index in [1.165, 1.54) is 0 Å². The van der Waals surface area contributed by atoms with E-state index >= 15 is 0 Å². The number of hydrogen-bond donors (Lipinski definition) is 3. The van der Waals surface area contributed by atoms with E-state index in [9.17, 15) is 9.90 Å². The average Bonchev–Trinajstić information content (AvgIpc) is 2.76. The van der Waals surface area contributed by atoms with E-state index in [2.05, 4.69) is 10.2 Å². The van der Waals surface area contributed by atoms with Gasteiger partial charge in [-0.3, -0.25) is 9.89 Å². The number of aromatic amines is 1. The highest BCUT2D eigenvalue weighted by Gasteiger charge is 2.25. The van der Waals surface area contributed by atoms with Crippen LogP contribution < -0.4 is 5.73 Å². The maximum Gasteiger partial charge on any atom is 0.275 e. The van der Waals surface area contributed by atoms with Crippen LogP contribution in [0.1, 0.15) is 31.3 Å². The number of nitrogens with zero attached hydrogens (tertiary/aromatic N) is 2. The van der Waals surface area contributed by atoms with Crippen molar-refractivity contribution < 1.29 is 9.90 Å². The van der Waals surface area contributed by atoms with Gasteiger partial charge in [-0.2, -0.15) is 5.10 Å². The Morgan fingerprint density at radius 3 is 2.80 bits per heavy atom. The lowest BCUT2D eigenvalue weighted by Crippen LogP contribution is -2.42. The van der Waals surface area contributed by atoms with Crippen LogP contribution >= 0.6 is 0 Å². The first-order chi connectivity index (χ1) is 9.31. The smallest absolute Gasteiger partial charge is 0.275 e. The van der Waals surface area contributed by atoms with E-state index in [-0.39, 0.29) is 12.5 Å². The number of nitrogens with one attached hydrogen (secondary N) is 1. The molecule has 1 aromatic heterocycles. The zero-order valence-corrected chi connectivity index (χ0v) is 12.0. The van der Waals surface area contributed by atoms with Crippen LogP contribution in [-0.2, 0) is 0 Å². The van der Waals surface area contributed by atoms with Gasteiger partial charge in [0.05, 0.1) is 11.1 Å². The zero-order chi connectivity index (χ0) is 14.9. The molecule has 6 nitrogen and oxygen atoms in total. The van der Waals surface area contributed by atoms with Crippen LogP contribution in [0.15, 0.2) is 18.2 Å². The van der Waals surface area contributed by atoms with E-state index < -0.39 is 5.60 Å². The summed E-state index contributed by atoms with van der Waals surface area (Å²) >= 11 is 0. The van der Waals surface area contributed by atoms with Crippen LogP contribution in [-0.4, -0.2) is 44.8 Å². The minimum absolute atomic E-state index is 0.216. The number of hydrogen-bond acceptors (Lipinski definition) is 4. The largest absolute Gasteiger partial charge is 0.399 e. The summed E-state index contributed by atoms with van der Waals surface area (Å²) in [5.41, 5.74) is 6.49. The van der Waals surface area contributed by atoms with Gasteiger partial charge in [0.15, 0.2) is 5.69 Å². The molecule has 0 fully saturated rings. The molecule has 0 aliphatic rings. The van der Waals surface area contributed by atoms with E-state index in [4.69, 9.17) is 5.73 Å². The number of H-pyrrole nitrogens is 1. The maximum atomic E-state index is 12.5. The van der Waals surface area contributed by atoms with Crippen molar-refractivity contribution in [1.82, 2.24) is 15.1 Å². The number of carbonyl (C=O) groups is 1. The van der Waals surface area contributed by atoms with Gasteiger partial charge in [-0.05, 0) is 39.0 Å². The molecule has 2 aromatic rings. The number of rotatable bonds is 4. The Morgan fingerprint density at radius 2 is 2.20 bits per heavy atom. The fourth-order valence-electron chi connectivity index (χ4n) is 2.14. The molecule has 1 heterocycles. The third-order valence-electron chi connectivity index (χ3n) is 3.04. The van der Waals surface area contributed by atoms with Gasteiger partial charge in [-0.1, -0.05) is 0 Å². The summed E-state index contributed by atoms with van der Waals surface area (Å²) in [4.78, 5) is 14.1. The number of anilines is 1. The molecule has 0 bridgehead atoms. The molecule has 0 saturated heterocycles. The quantitative estimate of drug-likeness (QED) is 0.735. The summed E-state index contributed by atoms with van der Waals surface area (Å²) in [5, 5.41) is 17.5. The molecule has 0 unspecified atom stereocenters. The monoisotopic (exact) mass is 276 g/mol. The summed E-state index contributed by atoms with van der Waals surface area (Å²) in [6, 6.07) is 5.27. The number of aromatic nitrogens is 2. The fraction of sp³-hybridized carbons (Fsp3) is 0.429. The second-order valence-electron chi connectivity index (χ2n) is 5.51. The van der Waals surface area contributed by atoms with E-state index in [0.29, 0.717) is 23.3 Å². The first-order valence-electron chi connectivity index (χ1n) is 6.57. The van der Waals surface area contributed by atoms with Gasteiger partial charge < -0.3 is 15.7 Å². The Balaban J connectivity index is 2.37. The Hall–Kier alpha value is -2.08. The second-order valence-corrected chi connectivity index (χ2v) is 5.51. The highest BCUT2D eigenvalue weighted by atomic mass is 16.3. The van der Waals surface area contributed by atoms with Gasteiger partial charge in [-0.15, -0.1) is 0 Å². The van der Waals surface area contributed by atoms with Crippen molar-refractivity contribution in [2.24, 2.45) is 0 Å². The highest BCUT2D eigenvalue weighted by Crippen LogP contribution is 2.20. The summed E-state index contributed by atoms with van der Waals surface area (Å²) < 4.78 is 0. The maximum absolute atomic E-state index is 12.5. The summed E-state index contributed by atoms with van der Waals surface area (Å²) in [5.74, 6) is -0.216. The number of carbonyl (C=O) groups excluding carboxylic acids is 1. The number of amides is 1. The molecule has 0 spiro atoms. The van der Waals surface area contributed by atoms with Crippen LogP contribution in [0, 0.1) is 0 Å². The minimum atomic E-state index is -0.948. The molecule has 0 saturated carbocycles. The van der Waals surface area contributed by atoms with Gasteiger partial charge in [0.25, 0.3) is 5.91 Å². The van der Waals surface area contributed by atoms with Gasteiger partial charge in [0, 0.05) is 24.2 Å². The van der Waals surface area contributed by atoms with Crippen molar-refractivity contribution in [3.63, 3.8) is 0 Å². The summed E-state index contributed by atoms with van der Waals surface area (Å²) in [6.07, 6.45) is 0. The zero-order valence-electron chi connectivity index (χ0n) is 12.0. The summed E-state index contributed by atoms with van der Waals surface area (Å²) in [6.45, 7) is 5.96. The van der Waals surface area contributed by atoms with Crippen molar-refractivity contribution in [3.05, 3.63) is 23.9 Å². The predicted octanol–water partition coefficient (Wildman–Crippen LogP) is 1.38. The number of fused-ring (bicyclic) bond motifs is 1. The second kappa shape index (κ2) is 5.13. The lowest BCUT2D eigenvalue weighted by Gasteiger charge is -2.27. The van der Waals surface area contributed by atoms with Crippen LogP contribution in [0.4, 0.5) is 5.69 Å². The molecular formula is C14H20N4O2. The summed E-state index contributed by atoms with van der Waals surface area (Å²) in [7, 11) is 0. The molecule has 1 amide bonds. The highest BCUT2D eigenvalue weighted by molar-refractivity contribution is 6.05. The Labute approximate surface area is 117 Å². The average molecular weight is 276 g/mol. The standard InChI is InChI=1S/C14H20N4O2/c1-4-18(8-14(2,3)20)13(19)12-10-7-9(15)5-6-11(10)16-17-12/h5-7,20H,4,8,15H2,1-3H3,(H,16,17). The molecule has 108 valence electrons. The molecule has 0 aliphatic carbocycles. The van der Waals surface area contributed by atoms with Crippen molar-refractivity contribution in [2.45, 2.75) is 26.4 Å². The van der Waals surface area contributed by atoms with E-state index in [1.54, 1.807) is 36.9 Å². The Bertz CT molecular complexity index is 628. The molecule has 4 N–H and O–H groups in total. The lowest BCUT2D eigenvalue weighted by atomic mass is 10.1. The first kappa shape index (κ1) is 14.3. The van der Waals surface area contributed by atoms with Gasteiger partial charge >= 0.3 is 0 Å². The van der Waals surface area contributed by atoms with Crippen LogP contribution in [0.3, 0.4) is 0 Å². The number of benzene rings is 1. The van der Waals surface area contributed by atoms with E-state index in [0.717, 1.165) is 5.52 Å². The number of aliphatic hydroxyl groups is 1. The van der Waals surface area contributed by atoms with Crippen molar-refractivity contribution in [3.8, 4) is 0 Å². The topological polar surface area (TPSA) is 95.2 Å². The van der Waals surface area contributed by atoms with Crippen molar-refractivity contribution in [2.75, 3.05) is 18.8 Å². The lowest BCUT2D eigenvalue weighted by molar-refractivity contribution is 0.0312. The van der Waals surface area contributed by atoms with Crippen LogP contribution in [0.5, 0.6) is 0 Å². The number of nitrogen functional groups attached to an aromatic ring is 1. The van der Waals surface area contributed by atoms with Gasteiger partial charge in [0.2, 0.25) is 0 Å². The first-order valence-corrected chi connectivity index (χ1v) is 6.57. The molecule has 0 atom stereocenters. The predicted molar refractivity (Wildman–Crippen MR) is 78.4 cm³/mol. The normalized spacial score (nSPS) is 11.8. The molecule has 1 aromatic carbocycles. The third-order valence-corrected chi connectivity index (χ3v) is 3.04. The molecule has 6 heteroatoms. The van der Waals surface area contributed by atoms with Crippen molar-refractivity contribution in [1.29, 1.82) is 0 Å². The van der Waals surface area contributed by atoms with Gasteiger partial charge in [-0.25, -0.2) is 0 Å². The van der Waals surface area contributed by atoms with E-state index in [1.807, 2.05) is 6.92 Å². The molecular weight excluding hydrogens is 256 g/mol. The molecule has 20 heavy (non-hydrogen) atoms. The van der Waals surface area contributed by atoms with Crippen LogP contribution in [0.25, 0.3) is 10.9 Å². The molecule has 0 aliphatic heterocycles. The number of nitrogens with two attached hydrogens (primary N) is 1. The third kappa shape index (κ3) is 2.91. The SMILES string of the molecule is CCN(CC(C)(C)O)C(=O)c1n[nH]c2ccc(N)cc12. The Kier molecular flexibility index (Phi) is 3.67. The van der Waals surface area contributed by atoms with Crippen molar-refractivity contribution >= 4 is 22.5 Å². The minimum Gasteiger partial charge on any atom is -0.399 e. The fourth-order valence-corrected chi connectivity index (χ4v) is 2.14. The van der Waals surface area contributed by atoms with Crippen LogP contribution in [0.2, 0.25) is 0 Å². The number of likely N-dealkylation sites (N-methyl/N-ethyl adjacent to an activating group) is 1. The molecule has 2 rings (SSSR count). The van der Waals surface area contributed by atoms with Gasteiger partial charge in [0.1, 0.15) is 0 Å². The molecule has 0 radical (unpaired) electrons.